The van der Waals surface area contributed by atoms with E-state index in [0.717, 1.165) is 11.1 Å². The second-order valence-corrected chi connectivity index (χ2v) is 5.70. The summed E-state index contributed by atoms with van der Waals surface area (Å²) in [5.41, 5.74) is 1.58. The Balaban J connectivity index is 2.04. The molecule has 0 aromatic heterocycles. The SMILES string of the molecule is COc1cc(/C=C/C(=O)NCc2ccccc2Cl)cc(Cl)c1OC. The number of rotatable bonds is 6. The molecular formula is C18H17Cl2NO3. The Kier molecular flexibility index (Phi) is 6.53. The maximum absolute atomic E-state index is 11.9. The summed E-state index contributed by atoms with van der Waals surface area (Å²) in [4.78, 5) is 11.9. The standard InChI is InChI=1S/C18H17Cl2NO3/c1-23-16-10-12(9-15(20)18(16)24-2)7-8-17(22)21-11-13-5-3-4-6-14(13)19/h3-10H,11H2,1-2H3,(H,21,22)/b8-7+. The van der Waals surface area contributed by atoms with Gasteiger partial charge in [-0.25, -0.2) is 0 Å². The Hall–Kier alpha value is -2.17. The Bertz CT molecular complexity index is 760. The molecule has 0 radical (unpaired) electrons. The average molecular weight is 366 g/mol. The first-order valence-corrected chi connectivity index (χ1v) is 7.91. The third kappa shape index (κ3) is 4.66. The van der Waals surface area contributed by atoms with Crippen LogP contribution in [-0.2, 0) is 11.3 Å². The number of methoxy groups -OCH3 is 2. The van der Waals surface area contributed by atoms with Crippen molar-refractivity contribution >= 4 is 35.2 Å². The van der Waals surface area contributed by atoms with Crippen molar-refractivity contribution < 1.29 is 14.3 Å². The number of amides is 1. The number of benzene rings is 2. The van der Waals surface area contributed by atoms with Crippen LogP contribution >= 0.6 is 23.2 Å². The van der Waals surface area contributed by atoms with Gasteiger partial charge in [0.15, 0.2) is 11.5 Å². The van der Waals surface area contributed by atoms with Crippen LogP contribution in [0.15, 0.2) is 42.5 Å². The highest BCUT2D eigenvalue weighted by Gasteiger charge is 2.09. The van der Waals surface area contributed by atoms with E-state index in [1.54, 1.807) is 24.3 Å². The molecular weight excluding hydrogens is 349 g/mol. The van der Waals surface area contributed by atoms with Gasteiger partial charge in [-0.15, -0.1) is 0 Å². The van der Waals surface area contributed by atoms with Crippen LogP contribution in [0.5, 0.6) is 11.5 Å². The predicted octanol–water partition coefficient (Wildman–Crippen LogP) is 4.34. The lowest BCUT2D eigenvalue weighted by Gasteiger charge is -2.10. The summed E-state index contributed by atoms with van der Waals surface area (Å²) in [6.45, 7) is 0.357. The molecule has 0 fully saturated rings. The third-order valence-corrected chi connectivity index (χ3v) is 3.94. The van der Waals surface area contributed by atoms with Crippen molar-refractivity contribution in [1.82, 2.24) is 5.32 Å². The van der Waals surface area contributed by atoms with Gasteiger partial charge in [-0.1, -0.05) is 41.4 Å². The molecule has 0 saturated heterocycles. The average Bonchev–Trinajstić information content (AvgIpc) is 2.58. The van der Waals surface area contributed by atoms with Crippen molar-refractivity contribution in [2.45, 2.75) is 6.54 Å². The van der Waals surface area contributed by atoms with Crippen molar-refractivity contribution in [2.75, 3.05) is 14.2 Å². The fourth-order valence-electron chi connectivity index (χ4n) is 2.09. The van der Waals surface area contributed by atoms with E-state index < -0.39 is 0 Å². The topological polar surface area (TPSA) is 47.6 Å². The summed E-state index contributed by atoms with van der Waals surface area (Å²) in [5, 5.41) is 3.81. The van der Waals surface area contributed by atoms with Crippen molar-refractivity contribution in [2.24, 2.45) is 0 Å². The quantitative estimate of drug-likeness (QED) is 0.774. The van der Waals surface area contributed by atoms with E-state index >= 15 is 0 Å². The number of hydrogen-bond acceptors (Lipinski definition) is 3. The van der Waals surface area contributed by atoms with Crippen LogP contribution < -0.4 is 14.8 Å². The van der Waals surface area contributed by atoms with Gasteiger partial charge in [-0.05, 0) is 35.4 Å². The lowest BCUT2D eigenvalue weighted by molar-refractivity contribution is -0.116. The van der Waals surface area contributed by atoms with E-state index in [2.05, 4.69) is 5.32 Å². The molecule has 0 atom stereocenters. The number of carbonyl (C=O) groups excluding carboxylic acids is 1. The number of ether oxygens (including phenoxy) is 2. The van der Waals surface area contributed by atoms with Gasteiger partial charge in [-0.3, -0.25) is 4.79 Å². The molecule has 24 heavy (non-hydrogen) atoms. The van der Waals surface area contributed by atoms with Gasteiger partial charge in [0.2, 0.25) is 5.91 Å². The second kappa shape index (κ2) is 8.62. The predicted molar refractivity (Wildman–Crippen MR) is 96.9 cm³/mol. The van der Waals surface area contributed by atoms with Gasteiger partial charge >= 0.3 is 0 Å². The number of carbonyl (C=O) groups is 1. The highest BCUT2D eigenvalue weighted by atomic mass is 35.5. The van der Waals surface area contributed by atoms with Gasteiger partial charge in [-0.2, -0.15) is 0 Å². The highest BCUT2D eigenvalue weighted by molar-refractivity contribution is 6.32. The first kappa shape index (κ1) is 18.2. The number of nitrogens with one attached hydrogen (secondary N) is 1. The fraction of sp³-hybridized carbons (Fsp3) is 0.167. The lowest BCUT2D eigenvalue weighted by atomic mass is 10.2. The zero-order chi connectivity index (χ0) is 17.5. The molecule has 0 unspecified atom stereocenters. The largest absolute Gasteiger partial charge is 0.493 e. The maximum Gasteiger partial charge on any atom is 0.244 e. The zero-order valence-corrected chi connectivity index (χ0v) is 14.8. The van der Waals surface area contributed by atoms with E-state index in [9.17, 15) is 4.79 Å². The summed E-state index contributed by atoms with van der Waals surface area (Å²) in [7, 11) is 3.04. The van der Waals surface area contributed by atoms with E-state index in [1.807, 2.05) is 18.2 Å². The van der Waals surface area contributed by atoms with Crippen LogP contribution in [0.2, 0.25) is 10.0 Å². The molecule has 2 aromatic carbocycles. The molecule has 0 aliphatic heterocycles. The molecule has 0 saturated carbocycles. The molecule has 0 spiro atoms. The number of hydrogen-bond donors (Lipinski definition) is 1. The monoisotopic (exact) mass is 365 g/mol. The summed E-state index contributed by atoms with van der Waals surface area (Å²) >= 11 is 12.2. The lowest BCUT2D eigenvalue weighted by Crippen LogP contribution is -2.20. The van der Waals surface area contributed by atoms with Crippen LogP contribution in [-0.4, -0.2) is 20.1 Å². The molecule has 0 bridgehead atoms. The molecule has 0 heterocycles. The van der Waals surface area contributed by atoms with Crippen molar-refractivity contribution in [3.8, 4) is 11.5 Å². The normalized spacial score (nSPS) is 10.7. The van der Waals surface area contributed by atoms with Crippen molar-refractivity contribution in [3.05, 3.63) is 63.6 Å². The van der Waals surface area contributed by atoms with Crippen LogP contribution in [0.4, 0.5) is 0 Å². The van der Waals surface area contributed by atoms with Gasteiger partial charge in [0.1, 0.15) is 0 Å². The minimum atomic E-state index is -0.235. The van der Waals surface area contributed by atoms with Crippen molar-refractivity contribution in [3.63, 3.8) is 0 Å². The Morgan fingerprint density at radius 3 is 2.54 bits per heavy atom. The Morgan fingerprint density at radius 1 is 1.12 bits per heavy atom. The van der Waals surface area contributed by atoms with E-state index in [4.69, 9.17) is 32.7 Å². The third-order valence-electron chi connectivity index (χ3n) is 3.29. The molecule has 126 valence electrons. The number of halogens is 2. The smallest absolute Gasteiger partial charge is 0.244 e. The van der Waals surface area contributed by atoms with Gasteiger partial charge in [0.25, 0.3) is 0 Å². The molecule has 1 amide bonds. The van der Waals surface area contributed by atoms with E-state index in [0.29, 0.717) is 28.1 Å². The van der Waals surface area contributed by atoms with Crippen LogP contribution in [0, 0.1) is 0 Å². The van der Waals surface area contributed by atoms with E-state index in [-0.39, 0.29) is 5.91 Å². The van der Waals surface area contributed by atoms with Gasteiger partial charge in [0, 0.05) is 17.6 Å². The van der Waals surface area contributed by atoms with Crippen LogP contribution in [0.1, 0.15) is 11.1 Å². The summed E-state index contributed by atoms with van der Waals surface area (Å²) < 4.78 is 10.4. The highest BCUT2D eigenvalue weighted by Crippen LogP contribution is 2.36. The summed E-state index contributed by atoms with van der Waals surface area (Å²) in [6, 6.07) is 10.8. The zero-order valence-electron chi connectivity index (χ0n) is 13.3. The van der Waals surface area contributed by atoms with Gasteiger partial charge in [0.05, 0.1) is 19.2 Å². The van der Waals surface area contributed by atoms with Gasteiger partial charge < -0.3 is 14.8 Å². The summed E-state index contributed by atoms with van der Waals surface area (Å²) in [5.74, 6) is 0.724. The molecule has 6 heteroatoms. The molecule has 2 aromatic rings. The first-order valence-electron chi connectivity index (χ1n) is 7.16. The minimum Gasteiger partial charge on any atom is -0.493 e. The molecule has 1 N–H and O–H groups in total. The molecule has 0 aliphatic carbocycles. The summed E-state index contributed by atoms with van der Waals surface area (Å²) in [6.07, 6.45) is 3.07. The Morgan fingerprint density at radius 2 is 1.88 bits per heavy atom. The second-order valence-electron chi connectivity index (χ2n) is 4.88. The molecule has 0 aliphatic rings. The molecule has 4 nitrogen and oxygen atoms in total. The van der Waals surface area contributed by atoms with E-state index in [1.165, 1.54) is 20.3 Å². The van der Waals surface area contributed by atoms with Crippen molar-refractivity contribution in [1.29, 1.82) is 0 Å². The molecule has 2 rings (SSSR count). The Labute approximate surface area is 151 Å². The fourth-order valence-corrected chi connectivity index (χ4v) is 2.59. The maximum atomic E-state index is 11.9. The van der Waals surface area contributed by atoms with Crippen LogP contribution in [0.25, 0.3) is 6.08 Å². The minimum absolute atomic E-state index is 0.235. The van der Waals surface area contributed by atoms with Crippen LogP contribution in [0.3, 0.4) is 0 Å². The first-order chi connectivity index (χ1) is 11.5.